The first-order chi connectivity index (χ1) is 12.2. The van der Waals surface area contributed by atoms with Crippen LogP contribution in [0.5, 0.6) is 0 Å². The molecule has 2 aromatic carbocycles. The lowest BCUT2D eigenvalue weighted by Gasteiger charge is -2.34. The molecule has 4 nitrogen and oxygen atoms in total. The van der Waals surface area contributed by atoms with E-state index in [9.17, 15) is 4.39 Å². The van der Waals surface area contributed by atoms with Gasteiger partial charge in [0.15, 0.2) is 5.58 Å². The molecule has 1 fully saturated rings. The van der Waals surface area contributed by atoms with Crippen molar-refractivity contribution in [2.24, 2.45) is 0 Å². The average Bonchev–Trinajstić information content (AvgIpc) is 3.04. The van der Waals surface area contributed by atoms with E-state index < -0.39 is 0 Å². The normalized spacial score (nSPS) is 16.6. The monoisotopic (exact) mass is 403 g/mol. The van der Waals surface area contributed by atoms with Crippen molar-refractivity contribution in [3.63, 3.8) is 0 Å². The third kappa shape index (κ3) is 3.61. The predicted molar refractivity (Wildman–Crippen MR) is 98.7 cm³/mol. The summed E-state index contributed by atoms with van der Waals surface area (Å²) in [6.07, 6.45) is 0. The largest absolute Gasteiger partial charge is 0.356 e. The summed E-state index contributed by atoms with van der Waals surface area (Å²) in [7, 11) is 0. The van der Waals surface area contributed by atoms with Crippen LogP contribution < -0.4 is 0 Å². The van der Waals surface area contributed by atoms with E-state index in [1.54, 1.807) is 6.07 Å². The van der Waals surface area contributed by atoms with Gasteiger partial charge in [0.1, 0.15) is 11.5 Å². The van der Waals surface area contributed by atoms with Crippen LogP contribution in [0.15, 0.2) is 51.5 Å². The summed E-state index contributed by atoms with van der Waals surface area (Å²) in [5.74, 6) is -0.154. The minimum atomic E-state index is -0.154. The lowest BCUT2D eigenvalue weighted by Crippen LogP contribution is -2.45. The molecule has 0 saturated carbocycles. The van der Waals surface area contributed by atoms with Crippen molar-refractivity contribution in [3.8, 4) is 0 Å². The molecule has 3 aromatic rings. The van der Waals surface area contributed by atoms with E-state index in [-0.39, 0.29) is 5.82 Å². The summed E-state index contributed by atoms with van der Waals surface area (Å²) in [5.41, 5.74) is 2.56. The molecule has 6 heteroatoms. The molecule has 1 aromatic heterocycles. The molecule has 0 N–H and O–H groups in total. The van der Waals surface area contributed by atoms with Crippen molar-refractivity contribution in [3.05, 3.63) is 64.0 Å². The number of benzene rings is 2. The first-order valence-electron chi connectivity index (χ1n) is 8.41. The SMILES string of the molecule is Fc1c(Br)cccc1CN1CCN(Cc2noc3ccccc23)CC1. The number of hydrogen-bond donors (Lipinski definition) is 0. The molecule has 0 amide bonds. The zero-order valence-corrected chi connectivity index (χ0v) is 15.4. The number of rotatable bonds is 4. The summed E-state index contributed by atoms with van der Waals surface area (Å²) >= 11 is 3.26. The summed E-state index contributed by atoms with van der Waals surface area (Å²) < 4.78 is 20.0. The van der Waals surface area contributed by atoms with Crippen molar-refractivity contribution in [1.82, 2.24) is 15.0 Å². The number of para-hydroxylation sites is 1. The number of aromatic nitrogens is 1. The highest BCUT2D eigenvalue weighted by molar-refractivity contribution is 9.10. The van der Waals surface area contributed by atoms with Gasteiger partial charge in [-0.2, -0.15) is 0 Å². The minimum Gasteiger partial charge on any atom is -0.356 e. The zero-order valence-electron chi connectivity index (χ0n) is 13.8. The van der Waals surface area contributed by atoms with Crippen LogP contribution in [0.4, 0.5) is 4.39 Å². The fourth-order valence-electron chi connectivity index (χ4n) is 3.28. The Morgan fingerprint density at radius 3 is 2.48 bits per heavy atom. The van der Waals surface area contributed by atoms with Gasteiger partial charge in [-0.3, -0.25) is 9.80 Å². The molecule has 1 aliphatic heterocycles. The van der Waals surface area contributed by atoms with Crippen molar-refractivity contribution in [1.29, 1.82) is 0 Å². The second-order valence-corrected chi connectivity index (χ2v) is 7.25. The van der Waals surface area contributed by atoms with E-state index >= 15 is 0 Å². The van der Waals surface area contributed by atoms with Crippen molar-refractivity contribution in [2.75, 3.05) is 26.2 Å². The van der Waals surface area contributed by atoms with Gasteiger partial charge in [0.25, 0.3) is 0 Å². The molecule has 0 spiro atoms. The fraction of sp³-hybridized carbons (Fsp3) is 0.316. The lowest BCUT2D eigenvalue weighted by atomic mass is 10.1. The smallest absolute Gasteiger partial charge is 0.167 e. The first kappa shape index (κ1) is 16.7. The Morgan fingerprint density at radius 2 is 1.68 bits per heavy atom. The highest BCUT2D eigenvalue weighted by Gasteiger charge is 2.20. The maximum atomic E-state index is 14.1. The fourth-order valence-corrected chi connectivity index (χ4v) is 3.69. The number of hydrogen-bond acceptors (Lipinski definition) is 4. The molecule has 0 bridgehead atoms. The van der Waals surface area contributed by atoms with Crippen LogP contribution in [-0.4, -0.2) is 41.1 Å². The molecule has 1 saturated heterocycles. The molecule has 2 heterocycles. The number of piperazine rings is 1. The van der Waals surface area contributed by atoms with Crippen LogP contribution in [0.3, 0.4) is 0 Å². The Hall–Kier alpha value is -1.76. The van der Waals surface area contributed by atoms with E-state index in [1.165, 1.54) is 0 Å². The molecule has 0 unspecified atom stereocenters. The van der Waals surface area contributed by atoms with Crippen molar-refractivity contribution in [2.45, 2.75) is 13.1 Å². The van der Waals surface area contributed by atoms with Crippen molar-refractivity contribution >= 4 is 26.9 Å². The van der Waals surface area contributed by atoms with Gasteiger partial charge < -0.3 is 4.52 Å². The van der Waals surface area contributed by atoms with Crippen LogP contribution in [0.25, 0.3) is 11.0 Å². The number of halogens is 2. The Labute approximate surface area is 154 Å². The third-order valence-electron chi connectivity index (χ3n) is 4.72. The summed E-state index contributed by atoms with van der Waals surface area (Å²) in [6.45, 7) is 5.15. The average molecular weight is 404 g/mol. The highest BCUT2D eigenvalue weighted by Crippen LogP contribution is 2.22. The summed E-state index contributed by atoms with van der Waals surface area (Å²) in [4.78, 5) is 4.67. The maximum Gasteiger partial charge on any atom is 0.167 e. The van der Waals surface area contributed by atoms with Gasteiger partial charge in [0.2, 0.25) is 0 Å². The summed E-state index contributed by atoms with van der Waals surface area (Å²) in [5, 5.41) is 5.30. The van der Waals surface area contributed by atoms with Gasteiger partial charge in [-0.15, -0.1) is 0 Å². The van der Waals surface area contributed by atoms with Crippen LogP contribution in [-0.2, 0) is 13.1 Å². The molecule has 1 aliphatic rings. The molecule has 130 valence electrons. The second kappa shape index (κ2) is 7.23. The van der Waals surface area contributed by atoms with E-state index in [2.05, 4.69) is 30.9 Å². The van der Waals surface area contributed by atoms with Crippen LogP contribution >= 0.6 is 15.9 Å². The van der Waals surface area contributed by atoms with Gasteiger partial charge in [-0.25, -0.2) is 4.39 Å². The lowest BCUT2D eigenvalue weighted by molar-refractivity contribution is 0.119. The summed E-state index contributed by atoms with van der Waals surface area (Å²) in [6, 6.07) is 13.4. The Kier molecular flexibility index (Phi) is 4.83. The highest BCUT2D eigenvalue weighted by atomic mass is 79.9. The van der Waals surface area contributed by atoms with Gasteiger partial charge in [-0.05, 0) is 34.1 Å². The molecular formula is C19H19BrFN3O. The van der Waals surface area contributed by atoms with E-state index in [4.69, 9.17) is 4.52 Å². The van der Waals surface area contributed by atoms with E-state index in [0.29, 0.717) is 11.0 Å². The van der Waals surface area contributed by atoms with Crippen LogP contribution in [0.1, 0.15) is 11.3 Å². The molecular weight excluding hydrogens is 385 g/mol. The molecule has 4 rings (SSSR count). The quantitative estimate of drug-likeness (QED) is 0.657. The number of nitrogens with zero attached hydrogens (tertiary/aromatic N) is 3. The predicted octanol–water partition coefficient (Wildman–Crippen LogP) is 4.05. The van der Waals surface area contributed by atoms with Crippen LogP contribution in [0.2, 0.25) is 0 Å². The topological polar surface area (TPSA) is 32.5 Å². The van der Waals surface area contributed by atoms with E-state index in [0.717, 1.165) is 55.0 Å². The molecule has 0 aliphatic carbocycles. The Balaban J connectivity index is 1.36. The van der Waals surface area contributed by atoms with Gasteiger partial charge in [0, 0.05) is 50.2 Å². The van der Waals surface area contributed by atoms with E-state index in [1.807, 2.05) is 36.4 Å². The Bertz CT molecular complexity index is 874. The van der Waals surface area contributed by atoms with Crippen molar-refractivity contribution < 1.29 is 8.91 Å². The standard InChI is InChI=1S/C19H19BrFN3O/c20-16-6-3-4-14(19(16)21)12-23-8-10-24(11-9-23)13-17-15-5-1-2-7-18(15)25-22-17/h1-7H,8-13H2. The van der Waals surface area contributed by atoms with Crippen LogP contribution in [0, 0.1) is 5.82 Å². The van der Waals surface area contributed by atoms with Gasteiger partial charge in [-0.1, -0.05) is 29.4 Å². The maximum absolute atomic E-state index is 14.1. The van der Waals surface area contributed by atoms with Gasteiger partial charge in [0.05, 0.1) is 4.47 Å². The zero-order chi connectivity index (χ0) is 17.2. The number of fused-ring (bicyclic) bond motifs is 1. The molecule has 0 atom stereocenters. The van der Waals surface area contributed by atoms with Gasteiger partial charge >= 0.3 is 0 Å². The molecule has 0 radical (unpaired) electrons. The molecule has 25 heavy (non-hydrogen) atoms. The minimum absolute atomic E-state index is 0.154. The third-order valence-corrected chi connectivity index (χ3v) is 5.33. The Morgan fingerprint density at radius 1 is 0.960 bits per heavy atom. The first-order valence-corrected chi connectivity index (χ1v) is 9.21. The second-order valence-electron chi connectivity index (χ2n) is 6.39.